The smallest absolute Gasteiger partial charge is 0.224 e. The third-order valence-corrected chi connectivity index (χ3v) is 2.66. The molecule has 1 rings (SSSR count). The van der Waals surface area contributed by atoms with Crippen LogP contribution in [-0.4, -0.2) is 26.2 Å². The Labute approximate surface area is 110 Å². The lowest BCUT2D eigenvalue weighted by Gasteiger charge is -2.07. The van der Waals surface area contributed by atoms with Gasteiger partial charge in [0.2, 0.25) is 5.91 Å². The maximum absolute atomic E-state index is 11.6. The molecule has 100 valence electrons. The molecule has 18 heavy (non-hydrogen) atoms. The number of ether oxygens (including phenoxy) is 1. The van der Waals surface area contributed by atoms with Gasteiger partial charge >= 0.3 is 0 Å². The van der Waals surface area contributed by atoms with Crippen molar-refractivity contribution < 1.29 is 9.53 Å². The Morgan fingerprint density at radius 2 is 1.83 bits per heavy atom. The van der Waals surface area contributed by atoms with Gasteiger partial charge in [-0.1, -0.05) is 38.1 Å². The van der Waals surface area contributed by atoms with E-state index in [1.807, 2.05) is 12.1 Å². The zero-order valence-corrected chi connectivity index (χ0v) is 11.5. The number of hydrogen-bond donors (Lipinski definition) is 1. The first kappa shape index (κ1) is 14.7. The van der Waals surface area contributed by atoms with E-state index in [2.05, 4.69) is 31.3 Å². The monoisotopic (exact) mass is 249 g/mol. The van der Waals surface area contributed by atoms with E-state index < -0.39 is 0 Å². The van der Waals surface area contributed by atoms with Crippen molar-refractivity contribution in [2.24, 2.45) is 5.92 Å². The van der Waals surface area contributed by atoms with Crippen LogP contribution in [0.5, 0.6) is 0 Å². The van der Waals surface area contributed by atoms with E-state index >= 15 is 0 Å². The fourth-order valence-corrected chi connectivity index (χ4v) is 1.81. The second-order valence-corrected chi connectivity index (χ2v) is 4.93. The Morgan fingerprint density at radius 1 is 1.22 bits per heavy atom. The van der Waals surface area contributed by atoms with Crippen LogP contribution in [0.2, 0.25) is 0 Å². The highest BCUT2D eigenvalue weighted by molar-refractivity contribution is 5.78. The second kappa shape index (κ2) is 7.88. The van der Waals surface area contributed by atoms with Gasteiger partial charge in [0.25, 0.3) is 0 Å². The van der Waals surface area contributed by atoms with Crippen LogP contribution < -0.4 is 5.32 Å². The summed E-state index contributed by atoms with van der Waals surface area (Å²) in [5.74, 6) is 0.705. The molecule has 0 saturated heterocycles. The standard InChI is InChI=1S/C15H23NO2/c1-12(2)10-13-4-6-14(7-5-13)11-15(17)16-8-9-18-3/h4-7,12H,8-11H2,1-3H3,(H,16,17). The molecule has 3 nitrogen and oxygen atoms in total. The summed E-state index contributed by atoms with van der Waals surface area (Å²) in [5.41, 5.74) is 2.38. The van der Waals surface area contributed by atoms with E-state index in [4.69, 9.17) is 4.74 Å². The molecule has 0 atom stereocenters. The molecule has 1 aromatic carbocycles. The molecule has 1 N–H and O–H groups in total. The molecule has 0 radical (unpaired) electrons. The summed E-state index contributed by atoms with van der Waals surface area (Å²) in [5, 5.41) is 2.81. The predicted molar refractivity (Wildman–Crippen MR) is 73.6 cm³/mol. The molecule has 1 amide bonds. The van der Waals surface area contributed by atoms with Gasteiger partial charge in [-0.25, -0.2) is 0 Å². The van der Waals surface area contributed by atoms with Crippen LogP contribution in [0.15, 0.2) is 24.3 Å². The number of methoxy groups -OCH3 is 1. The molecule has 0 aliphatic heterocycles. The van der Waals surface area contributed by atoms with Crippen LogP contribution in [0.1, 0.15) is 25.0 Å². The first-order chi connectivity index (χ1) is 8.61. The Kier molecular flexibility index (Phi) is 6.44. The highest BCUT2D eigenvalue weighted by Gasteiger charge is 2.03. The van der Waals surface area contributed by atoms with E-state index in [0.29, 0.717) is 25.5 Å². The number of nitrogens with one attached hydrogen (secondary N) is 1. The fourth-order valence-electron chi connectivity index (χ4n) is 1.81. The highest BCUT2D eigenvalue weighted by Crippen LogP contribution is 2.10. The number of amides is 1. The lowest BCUT2D eigenvalue weighted by molar-refractivity contribution is -0.120. The molecule has 0 saturated carbocycles. The van der Waals surface area contributed by atoms with Gasteiger partial charge in [0.05, 0.1) is 13.0 Å². The second-order valence-electron chi connectivity index (χ2n) is 4.93. The van der Waals surface area contributed by atoms with Crippen molar-refractivity contribution in [3.05, 3.63) is 35.4 Å². The number of carbonyl (C=O) groups excluding carboxylic acids is 1. The van der Waals surface area contributed by atoms with Crippen LogP contribution in [0.25, 0.3) is 0 Å². The third kappa shape index (κ3) is 5.82. The van der Waals surface area contributed by atoms with E-state index in [1.165, 1.54) is 5.56 Å². The zero-order valence-electron chi connectivity index (χ0n) is 11.5. The summed E-state index contributed by atoms with van der Waals surface area (Å²) < 4.78 is 4.88. The SMILES string of the molecule is COCCNC(=O)Cc1ccc(CC(C)C)cc1. The van der Waals surface area contributed by atoms with Crippen molar-refractivity contribution in [3.63, 3.8) is 0 Å². The first-order valence-electron chi connectivity index (χ1n) is 6.45. The first-order valence-corrected chi connectivity index (χ1v) is 6.45. The molecule has 0 bridgehead atoms. The van der Waals surface area contributed by atoms with Crippen molar-refractivity contribution in [1.29, 1.82) is 0 Å². The Balaban J connectivity index is 2.40. The lowest BCUT2D eigenvalue weighted by Crippen LogP contribution is -2.28. The molecule has 1 aromatic rings. The summed E-state index contributed by atoms with van der Waals surface area (Å²) >= 11 is 0. The van der Waals surface area contributed by atoms with Crippen LogP contribution in [0.3, 0.4) is 0 Å². The van der Waals surface area contributed by atoms with Crippen molar-refractivity contribution in [2.75, 3.05) is 20.3 Å². The molecule has 3 heteroatoms. The van der Waals surface area contributed by atoms with Gasteiger partial charge in [-0.05, 0) is 23.5 Å². The third-order valence-electron chi connectivity index (χ3n) is 2.66. The van der Waals surface area contributed by atoms with Crippen molar-refractivity contribution >= 4 is 5.91 Å². The minimum atomic E-state index is 0.0451. The summed E-state index contributed by atoms with van der Waals surface area (Å²) in [6.07, 6.45) is 1.52. The predicted octanol–water partition coefficient (Wildman–Crippen LogP) is 2.19. The van der Waals surface area contributed by atoms with Crippen molar-refractivity contribution in [3.8, 4) is 0 Å². The lowest BCUT2D eigenvalue weighted by atomic mass is 10.0. The van der Waals surface area contributed by atoms with Crippen LogP contribution >= 0.6 is 0 Å². The van der Waals surface area contributed by atoms with Gasteiger partial charge in [0.15, 0.2) is 0 Å². The maximum atomic E-state index is 11.6. The van der Waals surface area contributed by atoms with Gasteiger partial charge in [-0.2, -0.15) is 0 Å². The van der Waals surface area contributed by atoms with Gasteiger partial charge < -0.3 is 10.1 Å². The van der Waals surface area contributed by atoms with Crippen LogP contribution in [0.4, 0.5) is 0 Å². The largest absolute Gasteiger partial charge is 0.383 e. The van der Waals surface area contributed by atoms with Gasteiger partial charge in [0, 0.05) is 13.7 Å². The van der Waals surface area contributed by atoms with E-state index in [0.717, 1.165) is 12.0 Å². The van der Waals surface area contributed by atoms with E-state index in [-0.39, 0.29) is 5.91 Å². The molecule has 0 spiro atoms. The number of benzene rings is 1. The molecule has 0 aliphatic rings. The van der Waals surface area contributed by atoms with Crippen molar-refractivity contribution in [2.45, 2.75) is 26.7 Å². The van der Waals surface area contributed by atoms with Gasteiger partial charge in [-0.15, -0.1) is 0 Å². The van der Waals surface area contributed by atoms with Crippen molar-refractivity contribution in [1.82, 2.24) is 5.32 Å². The average molecular weight is 249 g/mol. The zero-order chi connectivity index (χ0) is 13.4. The molecule has 0 heterocycles. The molecule has 0 unspecified atom stereocenters. The Bertz CT molecular complexity index is 357. The van der Waals surface area contributed by atoms with E-state index in [1.54, 1.807) is 7.11 Å². The topological polar surface area (TPSA) is 38.3 Å². The van der Waals surface area contributed by atoms with E-state index in [9.17, 15) is 4.79 Å². The van der Waals surface area contributed by atoms with Crippen LogP contribution in [-0.2, 0) is 22.4 Å². The Hall–Kier alpha value is -1.35. The van der Waals surface area contributed by atoms with Gasteiger partial charge in [0.1, 0.15) is 0 Å². The summed E-state index contributed by atoms with van der Waals surface area (Å²) in [7, 11) is 1.62. The summed E-state index contributed by atoms with van der Waals surface area (Å²) in [6, 6.07) is 8.29. The normalized spacial score (nSPS) is 10.7. The molecule has 0 aliphatic carbocycles. The van der Waals surface area contributed by atoms with Crippen LogP contribution in [0, 0.1) is 5.92 Å². The summed E-state index contributed by atoms with van der Waals surface area (Å²) in [4.78, 5) is 11.6. The minimum Gasteiger partial charge on any atom is -0.383 e. The number of rotatable bonds is 7. The maximum Gasteiger partial charge on any atom is 0.224 e. The number of carbonyl (C=O) groups is 1. The average Bonchev–Trinajstić information content (AvgIpc) is 2.31. The molecular weight excluding hydrogens is 226 g/mol. The molecule has 0 fully saturated rings. The Morgan fingerprint density at radius 3 is 2.39 bits per heavy atom. The highest BCUT2D eigenvalue weighted by atomic mass is 16.5. The molecular formula is C15H23NO2. The van der Waals surface area contributed by atoms with Gasteiger partial charge in [-0.3, -0.25) is 4.79 Å². The fraction of sp³-hybridized carbons (Fsp3) is 0.533. The minimum absolute atomic E-state index is 0.0451. The quantitative estimate of drug-likeness (QED) is 0.752. The molecule has 0 aromatic heterocycles. The number of hydrogen-bond acceptors (Lipinski definition) is 2. The summed E-state index contributed by atoms with van der Waals surface area (Å²) in [6.45, 7) is 5.54.